The van der Waals surface area contributed by atoms with Crippen LogP contribution in [0.25, 0.3) is 0 Å². The fourth-order valence-electron chi connectivity index (χ4n) is 1.26. The first-order chi connectivity index (χ1) is 6.11. The minimum absolute atomic E-state index is 0.118. The van der Waals surface area contributed by atoms with Gasteiger partial charge in [0.25, 0.3) is 0 Å². The molecular weight excluding hydrogens is 172 g/mol. The van der Waals surface area contributed by atoms with Crippen LogP contribution in [0.2, 0.25) is 0 Å². The standard InChI is InChI=1S/C9H18O4/c1-4-5-7(2)8(12-3)6-13-9(10)11/h7-8H,4-6H2,1-3H3,(H,10,11). The van der Waals surface area contributed by atoms with E-state index < -0.39 is 6.16 Å². The van der Waals surface area contributed by atoms with Gasteiger partial charge >= 0.3 is 6.16 Å². The summed E-state index contributed by atoms with van der Waals surface area (Å²) in [5.41, 5.74) is 0. The molecule has 0 amide bonds. The van der Waals surface area contributed by atoms with Crippen molar-refractivity contribution in [3.8, 4) is 0 Å². The Kier molecular flexibility index (Phi) is 6.32. The Morgan fingerprint density at radius 3 is 2.54 bits per heavy atom. The summed E-state index contributed by atoms with van der Waals surface area (Å²) >= 11 is 0. The number of hydrogen-bond donors (Lipinski definition) is 1. The van der Waals surface area contributed by atoms with E-state index in [0.29, 0.717) is 5.92 Å². The predicted molar refractivity (Wildman–Crippen MR) is 48.8 cm³/mol. The monoisotopic (exact) mass is 190 g/mol. The van der Waals surface area contributed by atoms with E-state index in [4.69, 9.17) is 9.84 Å². The minimum atomic E-state index is -1.24. The summed E-state index contributed by atoms with van der Waals surface area (Å²) in [6, 6.07) is 0. The van der Waals surface area contributed by atoms with E-state index in [1.54, 1.807) is 7.11 Å². The molecule has 13 heavy (non-hydrogen) atoms. The fraction of sp³-hybridized carbons (Fsp3) is 0.889. The van der Waals surface area contributed by atoms with Gasteiger partial charge in [0.1, 0.15) is 6.61 Å². The van der Waals surface area contributed by atoms with E-state index in [1.165, 1.54) is 0 Å². The van der Waals surface area contributed by atoms with Crippen molar-refractivity contribution in [2.45, 2.75) is 32.8 Å². The van der Waals surface area contributed by atoms with Crippen LogP contribution >= 0.6 is 0 Å². The van der Waals surface area contributed by atoms with Crippen molar-refractivity contribution >= 4 is 6.16 Å². The van der Waals surface area contributed by atoms with Gasteiger partial charge in [-0.2, -0.15) is 0 Å². The van der Waals surface area contributed by atoms with Crippen molar-refractivity contribution in [2.24, 2.45) is 5.92 Å². The van der Waals surface area contributed by atoms with Crippen LogP contribution in [0, 0.1) is 5.92 Å². The highest BCUT2D eigenvalue weighted by molar-refractivity contribution is 5.56. The maximum atomic E-state index is 10.1. The topological polar surface area (TPSA) is 55.8 Å². The number of ether oxygens (including phenoxy) is 2. The molecule has 0 spiro atoms. The van der Waals surface area contributed by atoms with Crippen molar-refractivity contribution < 1.29 is 19.4 Å². The van der Waals surface area contributed by atoms with E-state index in [9.17, 15) is 4.79 Å². The van der Waals surface area contributed by atoms with Crippen LogP contribution in [-0.4, -0.2) is 31.1 Å². The number of carbonyl (C=O) groups is 1. The van der Waals surface area contributed by atoms with Crippen molar-refractivity contribution in [3.63, 3.8) is 0 Å². The van der Waals surface area contributed by atoms with Crippen molar-refractivity contribution in [2.75, 3.05) is 13.7 Å². The Bertz CT molecular complexity index is 147. The van der Waals surface area contributed by atoms with Crippen LogP contribution in [0.1, 0.15) is 26.7 Å². The van der Waals surface area contributed by atoms with Gasteiger partial charge in [-0.25, -0.2) is 4.79 Å². The van der Waals surface area contributed by atoms with Gasteiger partial charge < -0.3 is 14.6 Å². The molecule has 0 rings (SSSR count). The summed E-state index contributed by atoms with van der Waals surface area (Å²) in [6.45, 7) is 4.23. The summed E-state index contributed by atoms with van der Waals surface area (Å²) in [5, 5.41) is 8.29. The summed E-state index contributed by atoms with van der Waals surface area (Å²) in [4.78, 5) is 10.1. The summed E-state index contributed by atoms with van der Waals surface area (Å²) < 4.78 is 9.58. The van der Waals surface area contributed by atoms with E-state index in [1.807, 2.05) is 6.92 Å². The van der Waals surface area contributed by atoms with E-state index in [-0.39, 0.29) is 12.7 Å². The lowest BCUT2D eigenvalue weighted by molar-refractivity contribution is -0.0106. The molecule has 0 aliphatic heterocycles. The van der Waals surface area contributed by atoms with Gasteiger partial charge in [-0.15, -0.1) is 0 Å². The van der Waals surface area contributed by atoms with E-state index in [2.05, 4.69) is 11.7 Å². The van der Waals surface area contributed by atoms with Crippen LogP contribution in [0.4, 0.5) is 4.79 Å². The van der Waals surface area contributed by atoms with Crippen LogP contribution in [0.5, 0.6) is 0 Å². The van der Waals surface area contributed by atoms with Crippen molar-refractivity contribution in [1.29, 1.82) is 0 Å². The van der Waals surface area contributed by atoms with E-state index in [0.717, 1.165) is 12.8 Å². The molecule has 4 nitrogen and oxygen atoms in total. The highest BCUT2D eigenvalue weighted by Crippen LogP contribution is 2.13. The lowest BCUT2D eigenvalue weighted by Crippen LogP contribution is -2.27. The van der Waals surface area contributed by atoms with Crippen LogP contribution < -0.4 is 0 Å². The maximum absolute atomic E-state index is 10.1. The van der Waals surface area contributed by atoms with Crippen LogP contribution in [0.3, 0.4) is 0 Å². The highest BCUT2D eigenvalue weighted by atomic mass is 16.7. The Morgan fingerprint density at radius 2 is 2.15 bits per heavy atom. The smallest absolute Gasteiger partial charge is 0.450 e. The summed E-state index contributed by atoms with van der Waals surface area (Å²) in [6.07, 6.45) is 0.706. The lowest BCUT2D eigenvalue weighted by atomic mass is 10.00. The molecule has 2 unspecified atom stereocenters. The van der Waals surface area contributed by atoms with Gasteiger partial charge in [0.15, 0.2) is 0 Å². The first-order valence-corrected chi connectivity index (χ1v) is 4.50. The first kappa shape index (κ1) is 12.2. The summed E-state index contributed by atoms with van der Waals surface area (Å²) in [5.74, 6) is 0.328. The third kappa shape index (κ3) is 5.47. The molecule has 0 aliphatic carbocycles. The average Bonchev–Trinajstić information content (AvgIpc) is 2.05. The Hall–Kier alpha value is -0.770. The van der Waals surface area contributed by atoms with Gasteiger partial charge in [0, 0.05) is 7.11 Å². The minimum Gasteiger partial charge on any atom is -0.450 e. The highest BCUT2D eigenvalue weighted by Gasteiger charge is 2.17. The SMILES string of the molecule is CCCC(C)C(COC(=O)O)OC. The van der Waals surface area contributed by atoms with E-state index >= 15 is 0 Å². The fourth-order valence-corrected chi connectivity index (χ4v) is 1.26. The molecule has 0 bridgehead atoms. The number of methoxy groups -OCH3 is 1. The van der Waals surface area contributed by atoms with Crippen molar-refractivity contribution in [1.82, 2.24) is 0 Å². The van der Waals surface area contributed by atoms with Gasteiger partial charge in [-0.3, -0.25) is 0 Å². The Morgan fingerprint density at radius 1 is 1.54 bits per heavy atom. The molecule has 0 aromatic heterocycles. The second kappa shape index (κ2) is 6.71. The second-order valence-corrected chi connectivity index (χ2v) is 3.12. The zero-order valence-electron chi connectivity index (χ0n) is 8.45. The quantitative estimate of drug-likeness (QED) is 0.652. The molecule has 1 N–H and O–H groups in total. The number of carboxylic acid groups (broad SMARTS) is 1. The lowest BCUT2D eigenvalue weighted by Gasteiger charge is -2.20. The molecule has 0 aromatic rings. The molecule has 0 aliphatic rings. The normalized spacial score (nSPS) is 15.0. The molecule has 0 saturated heterocycles. The second-order valence-electron chi connectivity index (χ2n) is 3.12. The molecule has 0 fully saturated rings. The van der Waals surface area contributed by atoms with Crippen LogP contribution in [-0.2, 0) is 9.47 Å². The summed E-state index contributed by atoms with van der Waals surface area (Å²) in [7, 11) is 1.57. The van der Waals surface area contributed by atoms with Crippen molar-refractivity contribution in [3.05, 3.63) is 0 Å². The maximum Gasteiger partial charge on any atom is 0.505 e. The van der Waals surface area contributed by atoms with Gasteiger partial charge in [0.05, 0.1) is 6.10 Å². The third-order valence-electron chi connectivity index (χ3n) is 2.05. The third-order valence-corrected chi connectivity index (χ3v) is 2.05. The molecule has 0 heterocycles. The molecule has 2 atom stereocenters. The average molecular weight is 190 g/mol. The van der Waals surface area contributed by atoms with Crippen LogP contribution in [0.15, 0.2) is 0 Å². The molecule has 0 radical (unpaired) electrons. The predicted octanol–water partition coefficient (Wildman–Crippen LogP) is 2.13. The Balaban J connectivity index is 3.79. The number of rotatable bonds is 6. The molecule has 78 valence electrons. The largest absolute Gasteiger partial charge is 0.505 e. The zero-order chi connectivity index (χ0) is 10.3. The Labute approximate surface area is 78.8 Å². The molecule has 4 heteroatoms. The first-order valence-electron chi connectivity index (χ1n) is 4.50. The molecule has 0 aromatic carbocycles. The molecule has 0 saturated carbocycles. The van der Waals surface area contributed by atoms with Gasteiger partial charge in [-0.05, 0) is 12.3 Å². The molecular formula is C9H18O4. The number of hydrogen-bond acceptors (Lipinski definition) is 3. The zero-order valence-corrected chi connectivity index (χ0v) is 8.45. The van der Waals surface area contributed by atoms with Gasteiger partial charge in [0.2, 0.25) is 0 Å². The van der Waals surface area contributed by atoms with Gasteiger partial charge in [-0.1, -0.05) is 20.3 Å².